The van der Waals surface area contributed by atoms with Gasteiger partial charge in [-0.25, -0.2) is 18.0 Å². The number of sulfonamides is 1. The van der Waals surface area contributed by atoms with Crippen molar-refractivity contribution in [3.63, 3.8) is 0 Å². The second-order valence-electron chi connectivity index (χ2n) is 16.9. The van der Waals surface area contributed by atoms with Gasteiger partial charge in [0.25, 0.3) is 5.91 Å². The highest BCUT2D eigenvalue weighted by atomic mass is 32.2. The maximum atomic E-state index is 14.5. The van der Waals surface area contributed by atoms with Gasteiger partial charge in [0.1, 0.15) is 23.7 Å². The van der Waals surface area contributed by atoms with Crippen LogP contribution in [-0.4, -0.2) is 90.8 Å². The lowest BCUT2D eigenvalue weighted by molar-refractivity contribution is -0.143. The van der Waals surface area contributed by atoms with Crippen LogP contribution in [0.1, 0.15) is 109 Å². The molecule has 6 atom stereocenters. The summed E-state index contributed by atoms with van der Waals surface area (Å²) in [6.07, 6.45) is 5.04. The maximum Gasteiger partial charge on any atom is 0.410 e. The fourth-order valence-electron chi connectivity index (χ4n) is 8.32. The standard InChI is InChI=1S/C38H55N5O9S/c1-24-12-8-9-13-25-14-11-15-26-20-42(22-29(25)26)36(48)52-28-18-30(43(21-28)33(45)31(37(2,3)4)39-35(47)51-23-24)32(44)40-38-19-27(38)16-7-5-6-10-17-53(49,50)41-34(38)46/h11,14-15,24,27-28,30-31H,5-10,12-13,16-23H2,1-4H3,(H,39,47)(H,40,44)(H,41,46)/t24-,27+,28+,30-,31+,38?/m0/s1. The molecule has 3 N–H and O–H groups in total. The van der Waals surface area contributed by atoms with Crippen LogP contribution < -0.4 is 15.4 Å². The van der Waals surface area contributed by atoms with Crippen LogP contribution in [0.3, 0.4) is 0 Å². The Labute approximate surface area is 312 Å². The molecule has 0 aromatic heterocycles. The van der Waals surface area contributed by atoms with Crippen molar-refractivity contribution in [2.24, 2.45) is 17.3 Å². The number of benzene rings is 1. The zero-order chi connectivity index (χ0) is 38.1. The number of hydrogen-bond donors (Lipinski definition) is 3. The molecule has 5 aliphatic rings. The van der Waals surface area contributed by atoms with E-state index < -0.39 is 69.1 Å². The van der Waals surface area contributed by atoms with Crippen LogP contribution in [0.5, 0.6) is 0 Å². The van der Waals surface area contributed by atoms with Crippen LogP contribution in [0.2, 0.25) is 0 Å². The number of nitrogens with one attached hydrogen (secondary N) is 3. The first kappa shape index (κ1) is 38.8. The predicted molar refractivity (Wildman–Crippen MR) is 195 cm³/mol. The molecule has 1 saturated carbocycles. The first-order chi connectivity index (χ1) is 25.1. The van der Waals surface area contributed by atoms with Crippen molar-refractivity contribution in [3.8, 4) is 0 Å². The minimum Gasteiger partial charge on any atom is -0.449 e. The fraction of sp³-hybridized carbons (Fsp3) is 0.711. The summed E-state index contributed by atoms with van der Waals surface area (Å²) < 4.78 is 39.2. The normalized spacial score (nSPS) is 31.5. The molecule has 4 aliphatic heterocycles. The Kier molecular flexibility index (Phi) is 11.3. The zero-order valence-electron chi connectivity index (χ0n) is 31.4. The van der Waals surface area contributed by atoms with Gasteiger partial charge in [0.05, 0.1) is 18.9 Å². The number of rotatable bonds is 2. The van der Waals surface area contributed by atoms with Crippen molar-refractivity contribution in [2.75, 3.05) is 18.9 Å². The highest BCUT2D eigenvalue weighted by molar-refractivity contribution is 7.90. The molecule has 1 aromatic rings. The smallest absolute Gasteiger partial charge is 0.410 e. The zero-order valence-corrected chi connectivity index (χ0v) is 32.2. The summed E-state index contributed by atoms with van der Waals surface area (Å²) in [6, 6.07) is 3.83. The van der Waals surface area contributed by atoms with Crippen LogP contribution in [0.15, 0.2) is 18.2 Å². The summed E-state index contributed by atoms with van der Waals surface area (Å²) in [7, 11) is -3.90. The van der Waals surface area contributed by atoms with Crippen molar-refractivity contribution in [3.05, 3.63) is 34.9 Å². The van der Waals surface area contributed by atoms with E-state index in [0.29, 0.717) is 25.9 Å². The van der Waals surface area contributed by atoms with Gasteiger partial charge in [0.15, 0.2) is 0 Å². The van der Waals surface area contributed by atoms with E-state index >= 15 is 0 Å². The topological polar surface area (TPSA) is 181 Å². The Morgan fingerprint density at radius 2 is 1.72 bits per heavy atom. The molecular formula is C38H55N5O9S. The Balaban J connectivity index is 1.28. The third-order valence-electron chi connectivity index (χ3n) is 11.5. The monoisotopic (exact) mass is 757 g/mol. The molecule has 4 bridgehead atoms. The largest absolute Gasteiger partial charge is 0.449 e. The van der Waals surface area contributed by atoms with Gasteiger partial charge < -0.3 is 25.0 Å². The average molecular weight is 758 g/mol. The fourth-order valence-corrected chi connectivity index (χ4v) is 9.47. The molecule has 0 radical (unpaired) electrons. The van der Waals surface area contributed by atoms with Gasteiger partial charge in [-0.2, -0.15) is 0 Å². The molecule has 5 amide bonds. The summed E-state index contributed by atoms with van der Waals surface area (Å²) in [5.74, 6) is -2.34. The molecule has 0 spiro atoms. The lowest BCUT2D eigenvalue weighted by Gasteiger charge is -2.35. The second-order valence-corrected chi connectivity index (χ2v) is 18.7. The van der Waals surface area contributed by atoms with Gasteiger partial charge >= 0.3 is 12.2 Å². The second kappa shape index (κ2) is 15.5. The van der Waals surface area contributed by atoms with E-state index in [0.717, 1.165) is 56.1 Å². The first-order valence-electron chi connectivity index (χ1n) is 19.2. The van der Waals surface area contributed by atoms with Crippen LogP contribution in [0, 0.1) is 17.3 Å². The van der Waals surface area contributed by atoms with Crippen LogP contribution in [0.4, 0.5) is 9.59 Å². The maximum absolute atomic E-state index is 14.5. The molecule has 53 heavy (non-hydrogen) atoms. The van der Waals surface area contributed by atoms with E-state index in [4.69, 9.17) is 9.47 Å². The third kappa shape index (κ3) is 8.92. The van der Waals surface area contributed by atoms with E-state index in [-0.39, 0.29) is 43.6 Å². The number of carbonyl (C=O) groups excluding carboxylic acids is 5. The SMILES string of the molecule is C[C@H]1CCCCc2cccc3c2CN(C3)C(=O)O[C@@H]2C[C@@H](C(=O)NC34C[C@H]3CCCCCCS(=O)(=O)NC4=O)N(C2)C(=O)[C@H](C(C)(C)C)NC(=O)OC1. The Bertz CT molecular complexity index is 1710. The molecule has 292 valence electrons. The molecule has 1 unspecified atom stereocenters. The van der Waals surface area contributed by atoms with Gasteiger partial charge in [-0.1, -0.05) is 71.6 Å². The average Bonchev–Trinajstić information content (AvgIpc) is 3.38. The summed E-state index contributed by atoms with van der Waals surface area (Å²) in [5.41, 5.74) is 1.11. The van der Waals surface area contributed by atoms with Crippen molar-refractivity contribution in [1.29, 1.82) is 0 Å². The Hall–Kier alpha value is -3.88. The number of carbonyl (C=O) groups is 5. The number of alkyl carbamates (subject to hydrolysis) is 1. The number of amides is 5. The van der Waals surface area contributed by atoms with Gasteiger partial charge in [-0.15, -0.1) is 0 Å². The molecule has 4 heterocycles. The Morgan fingerprint density at radius 1 is 0.981 bits per heavy atom. The predicted octanol–water partition coefficient (Wildman–Crippen LogP) is 3.90. The molecular weight excluding hydrogens is 703 g/mol. The molecule has 14 nitrogen and oxygen atoms in total. The lowest BCUT2D eigenvalue weighted by Crippen LogP contribution is -2.60. The van der Waals surface area contributed by atoms with E-state index in [1.54, 1.807) is 25.7 Å². The number of fused-ring (bicyclic) bond motifs is 4. The van der Waals surface area contributed by atoms with E-state index in [2.05, 4.69) is 21.4 Å². The van der Waals surface area contributed by atoms with Gasteiger partial charge in [-0.3, -0.25) is 24.0 Å². The quantitative estimate of drug-likeness (QED) is 0.404. The number of ether oxygens (including phenoxy) is 2. The van der Waals surface area contributed by atoms with E-state index in [9.17, 15) is 32.4 Å². The highest BCUT2D eigenvalue weighted by Crippen LogP contribution is 2.48. The first-order valence-corrected chi connectivity index (χ1v) is 20.9. The van der Waals surface area contributed by atoms with E-state index in [1.807, 2.05) is 19.1 Å². The Morgan fingerprint density at radius 3 is 2.49 bits per heavy atom. The van der Waals surface area contributed by atoms with Crippen LogP contribution >= 0.6 is 0 Å². The molecule has 2 saturated heterocycles. The number of aryl methyl sites for hydroxylation is 1. The summed E-state index contributed by atoms with van der Waals surface area (Å²) in [5, 5.41) is 5.61. The minimum absolute atomic E-state index is 0.0468. The summed E-state index contributed by atoms with van der Waals surface area (Å²) in [6.45, 7) is 8.24. The molecule has 15 heteroatoms. The number of cyclic esters (lactones) is 1. The van der Waals surface area contributed by atoms with Gasteiger partial charge in [0, 0.05) is 19.5 Å². The minimum atomic E-state index is -3.90. The van der Waals surface area contributed by atoms with Gasteiger partial charge in [-0.05, 0) is 72.5 Å². The van der Waals surface area contributed by atoms with Crippen molar-refractivity contribution >= 4 is 39.9 Å². The lowest BCUT2D eigenvalue weighted by atomic mass is 9.85. The van der Waals surface area contributed by atoms with Crippen LogP contribution in [-0.2, 0) is 53.4 Å². The molecule has 1 aliphatic carbocycles. The third-order valence-corrected chi connectivity index (χ3v) is 12.9. The van der Waals surface area contributed by atoms with Crippen molar-refractivity contribution < 1.29 is 41.9 Å². The molecule has 3 fully saturated rings. The summed E-state index contributed by atoms with van der Waals surface area (Å²) >= 11 is 0. The number of nitrogens with zero attached hydrogens (tertiary/aromatic N) is 2. The molecule has 6 rings (SSSR count). The summed E-state index contributed by atoms with van der Waals surface area (Å²) in [4.78, 5) is 72.1. The van der Waals surface area contributed by atoms with Crippen LogP contribution in [0.25, 0.3) is 0 Å². The van der Waals surface area contributed by atoms with Crippen molar-refractivity contribution in [1.82, 2.24) is 25.2 Å². The number of hydrogen-bond acceptors (Lipinski definition) is 9. The van der Waals surface area contributed by atoms with E-state index in [1.165, 1.54) is 10.5 Å². The van der Waals surface area contributed by atoms with Gasteiger partial charge in [0.2, 0.25) is 21.8 Å². The molecule has 1 aromatic carbocycles. The highest BCUT2D eigenvalue weighted by Gasteiger charge is 2.62. The van der Waals surface area contributed by atoms with Crippen molar-refractivity contribution in [2.45, 2.75) is 135 Å².